The standard InChI is InChI=1S/C33H39FO6/c1-33(2,20-37-3)32(39-5)29-15-21(9-13-26(29)28-17-24(38-4)12-14-30(28)34)19-40-25-8-6-7-23(16-25)27(18-31(35)36)22-10-11-22/h6-9,12-17,22,27,32H,10-11,18-20H2,1-5H3,(H,35,36)/t27?,32-/m0/s1. The number of methoxy groups -OCH3 is 3. The number of carboxylic acids is 1. The molecule has 0 saturated heterocycles. The molecule has 1 aliphatic rings. The van der Waals surface area contributed by atoms with Crippen LogP contribution in [0.4, 0.5) is 4.39 Å². The van der Waals surface area contributed by atoms with Gasteiger partial charge in [0.25, 0.3) is 0 Å². The number of aliphatic carboxylic acids is 1. The second kappa shape index (κ2) is 12.8. The lowest BCUT2D eigenvalue weighted by atomic mass is 9.80. The highest BCUT2D eigenvalue weighted by atomic mass is 19.1. The third-order valence-corrected chi connectivity index (χ3v) is 7.60. The lowest BCUT2D eigenvalue weighted by Crippen LogP contribution is -2.29. The first-order chi connectivity index (χ1) is 19.2. The summed E-state index contributed by atoms with van der Waals surface area (Å²) in [5, 5.41) is 9.40. The van der Waals surface area contributed by atoms with Crippen molar-refractivity contribution in [2.24, 2.45) is 11.3 Å². The molecule has 1 fully saturated rings. The molecule has 1 unspecified atom stereocenters. The van der Waals surface area contributed by atoms with Crippen molar-refractivity contribution >= 4 is 5.97 Å². The van der Waals surface area contributed by atoms with Crippen molar-refractivity contribution in [3.05, 3.63) is 83.2 Å². The zero-order valence-electron chi connectivity index (χ0n) is 23.9. The lowest BCUT2D eigenvalue weighted by molar-refractivity contribution is -0.137. The van der Waals surface area contributed by atoms with Crippen molar-refractivity contribution in [3.63, 3.8) is 0 Å². The van der Waals surface area contributed by atoms with Crippen molar-refractivity contribution in [2.45, 2.75) is 51.7 Å². The minimum atomic E-state index is -0.785. The fourth-order valence-corrected chi connectivity index (χ4v) is 5.56. The molecule has 3 aromatic rings. The van der Waals surface area contributed by atoms with Crippen LogP contribution in [-0.4, -0.2) is 39.0 Å². The first-order valence-electron chi connectivity index (χ1n) is 13.6. The van der Waals surface area contributed by atoms with Crippen LogP contribution in [0.3, 0.4) is 0 Å². The van der Waals surface area contributed by atoms with Gasteiger partial charge in [-0.05, 0) is 83.3 Å². The molecule has 0 bridgehead atoms. The Labute approximate surface area is 236 Å². The topological polar surface area (TPSA) is 74.2 Å². The monoisotopic (exact) mass is 550 g/mol. The Hall–Kier alpha value is -3.42. The Morgan fingerprint density at radius 3 is 2.42 bits per heavy atom. The maximum Gasteiger partial charge on any atom is 0.303 e. The van der Waals surface area contributed by atoms with Gasteiger partial charge in [-0.15, -0.1) is 0 Å². The van der Waals surface area contributed by atoms with Crippen molar-refractivity contribution in [1.82, 2.24) is 0 Å². The van der Waals surface area contributed by atoms with E-state index in [1.807, 2.05) is 42.5 Å². The predicted molar refractivity (Wildman–Crippen MR) is 152 cm³/mol. The summed E-state index contributed by atoms with van der Waals surface area (Å²) in [6.07, 6.45) is 1.85. The summed E-state index contributed by atoms with van der Waals surface area (Å²) in [4.78, 5) is 11.4. The quantitative estimate of drug-likeness (QED) is 0.225. The maximum absolute atomic E-state index is 15.1. The zero-order valence-corrected chi connectivity index (χ0v) is 23.9. The number of hydrogen-bond acceptors (Lipinski definition) is 5. The van der Waals surface area contributed by atoms with E-state index in [2.05, 4.69) is 13.8 Å². The van der Waals surface area contributed by atoms with Crippen molar-refractivity contribution in [1.29, 1.82) is 0 Å². The summed E-state index contributed by atoms with van der Waals surface area (Å²) in [6.45, 7) is 4.83. The summed E-state index contributed by atoms with van der Waals surface area (Å²) in [7, 11) is 4.86. The molecule has 0 amide bonds. The second-order valence-corrected chi connectivity index (χ2v) is 11.2. The van der Waals surface area contributed by atoms with E-state index in [0.29, 0.717) is 35.2 Å². The van der Waals surface area contributed by atoms with Gasteiger partial charge >= 0.3 is 5.97 Å². The summed E-state index contributed by atoms with van der Waals surface area (Å²) < 4.78 is 38.2. The van der Waals surface area contributed by atoms with E-state index in [4.69, 9.17) is 18.9 Å². The molecule has 1 aliphatic carbocycles. The number of ether oxygens (including phenoxy) is 4. The highest BCUT2D eigenvalue weighted by molar-refractivity contribution is 5.71. The Morgan fingerprint density at radius 1 is 1.00 bits per heavy atom. The number of carbonyl (C=O) groups is 1. The first kappa shape index (κ1) is 29.6. The van der Waals surface area contributed by atoms with E-state index < -0.39 is 17.5 Å². The molecule has 3 aromatic carbocycles. The Kier molecular flexibility index (Phi) is 9.48. The highest BCUT2D eigenvalue weighted by Crippen LogP contribution is 2.45. The SMILES string of the molecule is COCC(C)(C)[C@@H](OC)c1cc(COc2cccc(C(CC(=O)O)C3CC3)c2)ccc1-c1cc(OC)ccc1F. The fourth-order valence-electron chi connectivity index (χ4n) is 5.56. The molecule has 0 radical (unpaired) electrons. The van der Waals surface area contributed by atoms with Crippen LogP contribution in [0.2, 0.25) is 0 Å². The van der Waals surface area contributed by atoms with Gasteiger partial charge < -0.3 is 24.1 Å². The van der Waals surface area contributed by atoms with Crippen LogP contribution in [0.25, 0.3) is 11.1 Å². The summed E-state index contributed by atoms with van der Waals surface area (Å²) >= 11 is 0. The minimum Gasteiger partial charge on any atom is -0.497 e. The van der Waals surface area contributed by atoms with Gasteiger partial charge in [0.1, 0.15) is 23.9 Å². The van der Waals surface area contributed by atoms with Crippen LogP contribution >= 0.6 is 0 Å². The van der Waals surface area contributed by atoms with Gasteiger partial charge in [-0.25, -0.2) is 4.39 Å². The molecule has 0 aliphatic heterocycles. The van der Waals surface area contributed by atoms with Gasteiger partial charge in [0.15, 0.2) is 0 Å². The maximum atomic E-state index is 15.1. The van der Waals surface area contributed by atoms with Crippen LogP contribution < -0.4 is 9.47 Å². The molecule has 4 rings (SSSR count). The molecule has 1 saturated carbocycles. The van der Waals surface area contributed by atoms with E-state index in [9.17, 15) is 9.90 Å². The number of carboxylic acid groups (broad SMARTS) is 1. The average Bonchev–Trinajstić information content (AvgIpc) is 3.77. The average molecular weight is 551 g/mol. The van der Waals surface area contributed by atoms with E-state index in [-0.39, 0.29) is 24.8 Å². The van der Waals surface area contributed by atoms with Crippen LogP contribution in [0.1, 0.15) is 61.8 Å². The third-order valence-electron chi connectivity index (χ3n) is 7.60. The van der Waals surface area contributed by atoms with Crippen LogP contribution in [-0.2, 0) is 20.9 Å². The Morgan fingerprint density at radius 2 is 1.77 bits per heavy atom. The van der Waals surface area contributed by atoms with Crippen LogP contribution in [0, 0.1) is 17.2 Å². The fraction of sp³-hybridized carbons (Fsp3) is 0.424. The van der Waals surface area contributed by atoms with E-state index in [1.54, 1.807) is 33.5 Å². The first-order valence-corrected chi connectivity index (χ1v) is 13.6. The van der Waals surface area contributed by atoms with Gasteiger partial charge in [-0.2, -0.15) is 0 Å². The minimum absolute atomic E-state index is 0.00447. The summed E-state index contributed by atoms with van der Waals surface area (Å²) in [6, 6.07) is 18.3. The summed E-state index contributed by atoms with van der Waals surface area (Å²) in [5.41, 5.74) is 3.43. The van der Waals surface area contributed by atoms with Crippen molar-refractivity contribution in [3.8, 4) is 22.6 Å². The largest absolute Gasteiger partial charge is 0.497 e. The van der Waals surface area contributed by atoms with Gasteiger partial charge in [-0.3, -0.25) is 4.79 Å². The molecule has 7 heteroatoms. The van der Waals surface area contributed by atoms with Gasteiger partial charge in [0, 0.05) is 25.2 Å². The van der Waals surface area contributed by atoms with Crippen molar-refractivity contribution in [2.75, 3.05) is 27.9 Å². The molecule has 0 heterocycles. The molecule has 6 nitrogen and oxygen atoms in total. The van der Waals surface area contributed by atoms with Crippen molar-refractivity contribution < 1.29 is 33.2 Å². The summed E-state index contributed by atoms with van der Waals surface area (Å²) in [5.74, 6) is 0.518. The van der Waals surface area contributed by atoms with Gasteiger partial charge in [0.2, 0.25) is 0 Å². The number of halogens is 1. The Bertz CT molecular complexity index is 1320. The molecular weight excluding hydrogens is 511 g/mol. The normalized spacial score (nSPS) is 14.9. The molecule has 1 N–H and O–H groups in total. The number of hydrogen-bond donors (Lipinski definition) is 1. The third kappa shape index (κ3) is 7.01. The predicted octanol–water partition coefficient (Wildman–Crippen LogP) is 7.41. The molecule has 0 spiro atoms. The van der Waals surface area contributed by atoms with Crippen LogP contribution in [0.15, 0.2) is 60.7 Å². The zero-order chi connectivity index (χ0) is 28.9. The molecule has 2 atom stereocenters. The van der Waals surface area contributed by atoms with E-state index in [0.717, 1.165) is 29.5 Å². The molecule has 40 heavy (non-hydrogen) atoms. The molecule has 214 valence electrons. The highest BCUT2D eigenvalue weighted by Gasteiger charge is 2.35. The number of benzene rings is 3. The van der Waals surface area contributed by atoms with E-state index in [1.165, 1.54) is 6.07 Å². The van der Waals surface area contributed by atoms with Gasteiger partial charge in [0.05, 0.1) is 26.2 Å². The molecular formula is C33H39FO6. The lowest BCUT2D eigenvalue weighted by Gasteiger charge is -2.34. The second-order valence-electron chi connectivity index (χ2n) is 11.2. The Balaban J connectivity index is 1.66. The molecule has 0 aromatic heterocycles. The van der Waals surface area contributed by atoms with E-state index >= 15 is 4.39 Å². The van der Waals surface area contributed by atoms with Gasteiger partial charge in [-0.1, -0.05) is 38.1 Å². The van der Waals surface area contributed by atoms with Crippen LogP contribution in [0.5, 0.6) is 11.5 Å². The smallest absolute Gasteiger partial charge is 0.303 e. The number of rotatable bonds is 14.